The highest BCUT2D eigenvalue weighted by Crippen LogP contribution is 2.07. The Morgan fingerprint density at radius 1 is 1.56 bits per heavy atom. The van der Waals surface area contributed by atoms with Gasteiger partial charge in [0.25, 0.3) is 0 Å². The molecule has 0 fully saturated rings. The summed E-state index contributed by atoms with van der Waals surface area (Å²) in [6, 6.07) is 2.79. The van der Waals surface area contributed by atoms with Gasteiger partial charge in [-0.3, -0.25) is 4.79 Å². The minimum Gasteiger partial charge on any atom is -0.359 e. The quantitative estimate of drug-likeness (QED) is 0.796. The highest BCUT2D eigenvalue weighted by atomic mass is 19.1. The van der Waals surface area contributed by atoms with E-state index in [1.165, 1.54) is 18.3 Å². The zero-order valence-electron chi connectivity index (χ0n) is 9.46. The zero-order chi connectivity index (χ0) is 12.0. The highest BCUT2D eigenvalue weighted by molar-refractivity contribution is 5.80. The van der Waals surface area contributed by atoms with Crippen molar-refractivity contribution in [3.05, 3.63) is 24.1 Å². The molecule has 0 saturated carbocycles. The molecule has 0 atom stereocenters. The van der Waals surface area contributed by atoms with Gasteiger partial charge in [0.2, 0.25) is 5.91 Å². The van der Waals surface area contributed by atoms with Crippen molar-refractivity contribution in [3.63, 3.8) is 0 Å². The van der Waals surface area contributed by atoms with E-state index in [9.17, 15) is 9.18 Å². The Bertz CT molecular complexity index is 355. The van der Waals surface area contributed by atoms with E-state index in [1.54, 1.807) is 0 Å². The third-order valence-corrected chi connectivity index (χ3v) is 1.88. The molecule has 1 amide bonds. The molecule has 1 rings (SSSR count). The Morgan fingerprint density at radius 2 is 2.31 bits per heavy atom. The number of rotatable bonds is 5. The summed E-state index contributed by atoms with van der Waals surface area (Å²) in [4.78, 5) is 15.1. The van der Waals surface area contributed by atoms with E-state index in [0.29, 0.717) is 12.5 Å². The number of carbonyl (C=O) groups excluding carboxylic acids is 1. The second-order valence-corrected chi connectivity index (χ2v) is 3.89. The van der Waals surface area contributed by atoms with E-state index in [4.69, 9.17) is 0 Å². The Labute approximate surface area is 94.3 Å². The molecule has 0 aliphatic rings. The topological polar surface area (TPSA) is 54.0 Å². The zero-order valence-corrected chi connectivity index (χ0v) is 9.46. The van der Waals surface area contributed by atoms with E-state index >= 15 is 0 Å². The molecule has 2 N–H and O–H groups in total. The fourth-order valence-corrected chi connectivity index (χ4v) is 1.06. The lowest BCUT2D eigenvalue weighted by atomic mass is 10.2. The Morgan fingerprint density at radius 3 is 2.94 bits per heavy atom. The molecule has 16 heavy (non-hydrogen) atoms. The van der Waals surface area contributed by atoms with Gasteiger partial charge in [-0.2, -0.15) is 0 Å². The predicted molar refractivity (Wildman–Crippen MR) is 60.5 cm³/mol. The lowest BCUT2D eigenvalue weighted by molar-refractivity contribution is -0.119. The number of carbonyl (C=O) groups is 1. The molecule has 1 aromatic heterocycles. The molecule has 0 bridgehead atoms. The number of aromatic nitrogens is 1. The van der Waals surface area contributed by atoms with Crippen LogP contribution in [0, 0.1) is 11.7 Å². The van der Waals surface area contributed by atoms with Gasteiger partial charge >= 0.3 is 0 Å². The van der Waals surface area contributed by atoms with Gasteiger partial charge in [-0.1, -0.05) is 13.8 Å². The van der Waals surface area contributed by atoms with Crippen LogP contribution in [0.4, 0.5) is 10.2 Å². The summed E-state index contributed by atoms with van der Waals surface area (Å²) >= 11 is 0. The van der Waals surface area contributed by atoms with Gasteiger partial charge in [0.1, 0.15) is 0 Å². The van der Waals surface area contributed by atoms with Crippen molar-refractivity contribution in [2.45, 2.75) is 13.8 Å². The van der Waals surface area contributed by atoms with Crippen LogP contribution in [0.15, 0.2) is 18.3 Å². The summed E-state index contributed by atoms with van der Waals surface area (Å²) in [5.41, 5.74) is 0. The molecule has 1 heterocycles. The number of amides is 1. The van der Waals surface area contributed by atoms with Crippen molar-refractivity contribution in [2.75, 3.05) is 18.4 Å². The molecule has 0 aromatic carbocycles. The van der Waals surface area contributed by atoms with Crippen LogP contribution in [0.5, 0.6) is 0 Å². The standard InChI is InChI=1S/C11H16FN3O/c1-8(2)6-14-10(16)7-15-11-9(12)4-3-5-13-11/h3-5,8H,6-7H2,1-2H3,(H,13,15)(H,14,16). The molecule has 0 aliphatic heterocycles. The molecule has 4 nitrogen and oxygen atoms in total. The number of nitrogens with zero attached hydrogens (tertiary/aromatic N) is 1. The number of pyridine rings is 1. The second-order valence-electron chi connectivity index (χ2n) is 3.89. The van der Waals surface area contributed by atoms with Gasteiger partial charge in [0, 0.05) is 12.7 Å². The molecular weight excluding hydrogens is 209 g/mol. The highest BCUT2D eigenvalue weighted by Gasteiger charge is 2.05. The molecule has 0 spiro atoms. The Hall–Kier alpha value is -1.65. The maximum atomic E-state index is 13.1. The van der Waals surface area contributed by atoms with Crippen molar-refractivity contribution in [1.29, 1.82) is 0 Å². The van der Waals surface area contributed by atoms with E-state index in [-0.39, 0.29) is 18.3 Å². The van der Waals surface area contributed by atoms with Crippen LogP contribution >= 0.6 is 0 Å². The summed E-state index contributed by atoms with van der Waals surface area (Å²) in [5.74, 6) is -0.129. The summed E-state index contributed by atoms with van der Waals surface area (Å²) in [6.45, 7) is 4.66. The molecular formula is C11H16FN3O. The maximum absolute atomic E-state index is 13.1. The van der Waals surface area contributed by atoms with Crippen LogP contribution < -0.4 is 10.6 Å². The minimum atomic E-state index is -0.459. The van der Waals surface area contributed by atoms with Crippen LogP contribution in [0.1, 0.15) is 13.8 Å². The van der Waals surface area contributed by atoms with Crippen molar-refractivity contribution < 1.29 is 9.18 Å². The summed E-state index contributed by atoms with van der Waals surface area (Å²) < 4.78 is 13.1. The van der Waals surface area contributed by atoms with E-state index in [2.05, 4.69) is 15.6 Å². The lowest BCUT2D eigenvalue weighted by Crippen LogP contribution is -2.32. The van der Waals surface area contributed by atoms with Crippen molar-refractivity contribution in [2.24, 2.45) is 5.92 Å². The maximum Gasteiger partial charge on any atom is 0.239 e. The number of nitrogens with one attached hydrogen (secondary N) is 2. The first kappa shape index (κ1) is 12.4. The molecule has 0 saturated heterocycles. The average molecular weight is 225 g/mol. The summed E-state index contributed by atoms with van der Waals surface area (Å²) in [5, 5.41) is 5.36. The van der Waals surface area contributed by atoms with E-state index in [0.717, 1.165) is 0 Å². The van der Waals surface area contributed by atoms with Gasteiger partial charge in [0.15, 0.2) is 11.6 Å². The van der Waals surface area contributed by atoms with Crippen molar-refractivity contribution in [3.8, 4) is 0 Å². The molecule has 0 unspecified atom stereocenters. The van der Waals surface area contributed by atoms with Gasteiger partial charge in [-0.15, -0.1) is 0 Å². The molecule has 0 aliphatic carbocycles. The fourth-order valence-electron chi connectivity index (χ4n) is 1.06. The van der Waals surface area contributed by atoms with Crippen LogP contribution in [-0.4, -0.2) is 24.0 Å². The van der Waals surface area contributed by atoms with Crippen molar-refractivity contribution in [1.82, 2.24) is 10.3 Å². The number of hydrogen-bond donors (Lipinski definition) is 2. The summed E-state index contributed by atoms with van der Waals surface area (Å²) in [6.07, 6.45) is 1.47. The van der Waals surface area contributed by atoms with Crippen LogP contribution in [0.3, 0.4) is 0 Å². The largest absolute Gasteiger partial charge is 0.359 e. The van der Waals surface area contributed by atoms with Crippen LogP contribution in [-0.2, 0) is 4.79 Å². The van der Waals surface area contributed by atoms with Gasteiger partial charge in [-0.05, 0) is 18.1 Å². The smallest absolute Gasteiger partial charge is 0.239 e. The molecule has 0 radical (unpaired) electrons. The average Bonchev–Trinajstić information content (AvgIpc) is 2.25. The van der Waals surface area contributed by atoms with Gasteiger partial charge < -0.3 is 10.6 Å². The third kappa shape index (κ3) is 4.25. The normalized spacial score (nSPS) is 10.2. The predicted octanol–water partition coefficient (Wildman–Crippen LogP) is 1.40. The van der Waals surface area contributed by atoms with E-state index in [1.807, 2.05) is 13.8 Å². The van der Waals surface area contributed by atoms with Gasteiger partial charge in [0.05, 0.1) is 6.54 Å². The van der Waals surface area contributed by atoms with Crippen molar-refractivity contribution >= 4 is 11.7 Å². The monoisotopic (exact) mass is 225 g/mol. The fraction of sp³-hybridized carbons (Fsp3) is 0.455. The molecule has 88 valence electrons. The lowest BCUT2D eigenvalue weighted by Gasteiger charge is -2.09. The van der Waals surface area contributed by atoms with E-state index < -0.39 is 5.82 Å². The first-order valence-electron chi connectivity index (χ1n) is 5.20. The third-order valence-electron chi connectivity index (χ3n) is 1.88. The first-order valence-corrected chi connectivity index (χ1v) is 5.20. The number of anilines is 1. The number of hydrogen-bond acceptors (Lipinski definition) is 3. The minimum absolute atomic E-state index is 0.0284. The van der Waals surface area contributed by atoms with Crippen LogP contribution in [0.25, 0.3) is 0 Å². The van der Waals surface area contributed by atoms with Crippen LogP contribution in [0.2, 0.25) is 0 Å². The Kier molecular flexibility index (Phi) is 4.69. The second kappa shape index (κ2) is 6.05. The molecule has 5 heteroatoms. The summed E-state index contributed by atoms with van der Waals surface area (Å²) in [7, 11) is 0. The SMILES string of the molecule is CC(C)CNC(=O)CNc1ncccc1F. The number of halogens is 1. The Balaban J connectivity index is 2.35. The van der Waals surface area contributed by atoms with Gasteiger partial charge in [-0.25, -0.2) is 9.37 Å². The first-order chi connectivity index (χ1) is 7.59. The molecule has 1 aromatic rings.